The molecular formula is C4H10O2Si. The van der Waals surface area contributed by atoms with E-state index in [2.05, 4.69) is 0 Å². The van der Waals surface area contributed by atoms with Crippen LogP contribution in [0, 0.1) is 0 Å². The van der Waals surface area contributed by atoms with Crippen molar-refractivity contribution in [3.05, 3.63) is 11.6 Å². The Hall–Kier alpha value is -0.443. The molecule has 0 N–H and O–H groups in total. The Morgan fingerprint density at radius 3 is 1.86 bits per heavy atom. The zero-order valence-corrected chi connectivity index (χ0v) is 6.89. The van der Waals surface area contributed by atoms with Crippen molar-refractivity contribution in [3.8, 4) is 0 Å². The van der Waals surface area contributed by atoms with Gasteiger partial charge in [-0.3, -0.25) is 0 Å². The third-order valence-electron chi connectivity index (χ3n) is 0.638. The highest BCUT2D eigenvalue weighted by molar-refractivity contribution is 6.17. The molecule has 0 bridgehead atoms. The minimum atomic E-state index is 0.617. The van der Waals surface area contributed by atoms with Gasteiger partial charge in [-0.15, -0.1) is 0 Å². The van der Waals surface area contributed by atoms with Crippen LogP contribution in [0.3, 0.4) is 0 Å². The fourth-order valence-corrected chi connectivity index (χ4v) is 0.790. The Kier molecular flexibility index (Phi) is 3.50. The summed E-state index contributed by atoms with van der Waals surface area (Å²) in [7, 11) is 4.16. The monoisotopic (exact) mass is 118 g/mol. The van der Waals surface area contributed by atoms with Gasteiger partial charge in [-0.1, -0.05) is 0 Å². The van der Waals surface area contributed by atoms with Crippen molar-refractivity contribution in [1.29, 1.82) is 0 Å². The molecule has 0 aliphatic rings. The SMILES string of the molecule is COC(=C[SiH3])OC. The third kappa shape index (κ3) is 2.28. The van der Waals surface area contributed by atoms with Crippen molar-refractivity contribution in [2.75, 3.05) is 14.2 Å². The standard InChI is InChI=1S/C4H10O2Si/c1-5-4(3-7)6-2/h3H,1-2,7H3. The van der Waals surface area contributed by atoms with Gasteiger partial charge in [-0.2, -0.15) is 0 Å². The van der Waals surface area contributed by atoms with Gasteiger partial charge in [0.2, 0.25) is 0 Å². The van der Waals surface area contributed by atoms with Gasteiger partial charge < -0.3 is 9.47 Å². The van der Waals surface area contributed by atoms with Gasteiger partial charge in [0.1, 0.15) is 0 Å². The van der Waals surface area contributed by atoms with Crippen LogP contribution in [0.25, 0.3) is 0 Å². The summed E-state index contributed by atoms with van der Waals surface area (Å²) in [5, 5.41) is 0. The van der Waals surface area contributed by atoms with Crippen molar-refractivity contribution in [2.45, 2.75) is 0 Å². The van der Waals surface area contributed by atoms with Crippen molar-refractivity contribution in [2.24, 2.45) is 0 Å². The molecule has 0 aromatic carbocycles. The Bertz CT molecular complexity index is 64.1. The molecule has 0 radical (unpaired) electrons. The first-order chi connectivity index (χ1) is 3.35. The van der Waals surface area contributed by atoms with Crippen molar-refractivity contribution in [3.63, 3.8) is 0 Å². The smallest absolute Gasteiger partial charge is 0.269 e. The number of methoxy groups -OCH3 is 2. The highest BCUT2D eigenvalue weighted by atomic mass is 28.1. The lowest BCUT2D eigenvalue weighted by Crippen LogP contribution is -1.87. The third-order valence-corrected chi connectivity index (χ3v) is 1.11. The molecule has 7 heavy (non-hydrogen) atoms. The second-order valence-electron chi connectivity index (χ2n) is 1.02. The summed E-state index contributed by atoms with van der Waals surface area (Å²) in [6, 6.07) is 0. The normalized spacial score (nSPS) is 7.71. The Morgan fingerprint density at radius 1 is 1.43 bits per heavy atom. The molecule has 0 saturated carbocycles. The fourth-order valence-electron chi connectivity index (χ4n) is 0.319. The van der Waals surface area contributed by atoms with Crippen LogP contribution in [-0.2, 0) is 9.47 Å². The van der Waals surface area contributed by atoms with E-state index in [-0.39, 0.29) is 0 Å². The fraction of sp³-hybridized carbons (Fsp3) is 0.500. The van der Waals surface area contributed by atoms with Crippen molar-refractivity contribution >= 4 is 10.2 Å². The predicted molar refractivity (Wildman–Crippen MR) is 32.0 cm³/mol. The summed E-state index contributed by atoms with van der Waals surface area (Å²) in [6.07, 6.45) is 0. The van der Waals surface area contributed by atoms with Gasteiger partial charge in [0, 0.05) is 10.2 Å². The average molecular weight is 118 g/mol. The molecule has 0 aliphatic heterocycles. The van der Waals surface area contributed by atoms with Crippen LogP contribution in [0.5, 0.6) is 0 Å². The van der Waals surface area contributed by atoms with Crippen LogP contribution in [0.4, 0.5) is 0 Å². The molecule has 0 fully saturated rings. The zero-order valence-electron chi connectivity index (χ0n) is 4.89. The molecule has 0 heterocycles. The first-order valence-corrected chi connectivity index (χ1v) is 3.25. The molecule has 0 aromatic heterocycles. The largest absolute Gasteiger partial charge is 0.469 e. The molecule has 0 aliphatic carbocycles. The minimum Gasteiger partial charge on any atom is -0.469 e. The second-order valence-corrected chi connectivity index (χ2v) is 1.59. The zero-order chi connectivity index (χ0) is 5.70. The predicted octanol–water partition coefficient (Wildman–Crippen LogP) is -0.556. The number of ether oxygens (including phenoxy) is 2. The summed E-state index contributed by atoms with van der Waals surface area (Å²) >= 11 is 0. The molecule has 0 atom stereocenters. The molecular weight excluding hydrogens is 108 g/mol. The van der Waals surface area contributed by atoms with E-state index in [0.717, 1.165) is 10.2 Å². The first-order valence-electron chi connectivity index (χ1n) is 2.09. The van der Waals surface area contributed by atoms with Crippen LogP contribution in [0.1, 0.15) is 0 Å². The van der Waals surface area contributed by atoms with E-state index in [1.165, 1.54) is 0 Å². The molecule has 0 amide bonds. The topological polar surface area (TPSA) is 18.5 Å². The summed E-state index contributed by atoms with van der Waals surface area (Å²) < 4.78 is 9.44. The maximum atomic E-state index is 4.72. The Morgan fingerprint density at radius 2 is 1.86 bits per heavy atom. The number of hydrogen-bond donors (Lipinski definition) is 0. The summed E-state index contributed by atoms with van der Waals surface area (Å²) in [5.74, 6) is 0.617. The second kappa shape index (κ2) is 3.74. The van der Waals surface area contributed by atoms with E-state index >= 15 is 0 Å². The lowest BCUT2D eigenvalue weighted by molar-refractivity contribution is 0.0965. The quantitative estimate of drug-likeness (QED) is 0.357. The maximum absolute atomic E-state index is 4.72. The molecule has 0 rings (SSSR count). The van der Waals surface area contributed by atoms with Crippen LogP contribution in [-0.4, -0.2) is 24.5 Å². The molecule has 0 spiro atoms. The van der Waals surface area contributed by atoms with E-state index in [1.54, 1.807) is 14.2 Å². The van der Waals surface area contributed by atoms with Crippen LogP contribution in [0.2, 0.25) is 0 Å². The molecule has 0 aromatic rings. The Balaban J connectivity index is 3.38. The van der Waals surface area contributed by atoms with E-state index in [9.17, 15) is 0 Å². The number of rotatable bonds is 2. The average Bonchev–Trinajstić information content (AvgIpc) is 1.72. The highest BCUT2D eigenvalue weighted by Gasteiger charge is 1.82. The molecule has 0 saturated heterocycles. The summed E-state index contributed by atoms with van der Waals surface area (Å²) in [6.45, 7) is 0. The van der Waals surface area contributed by atoms with Gasteiger partial charge in [0.15, 0.2) is 0 Å². The Labute approximate surface area is 46.5 Å². The number of hydrogen-bond acceptors (Lipinski definition) is 2. The molecule has 42 valence electrons. The van der Waals surface area contributed by atoms with Gasteiger partial charge in [0.25, 0.3) is 5.95 Å². The van der Waals surface area contributed by atoms with E-state index in [1.807, 2.05) is 5.70 Å². The van der Waals surface area contributed by atoms with Gasteiger partial charge >= 0.3 is 0 Å². The molecule has 3 heteroatoms. The van der Waals surface area contributed by atoms with Crippen LogP contribution < -0.4 is 0 Å². The lowest BCUT2D eigenvalue weighted by Gasteiger charge is -1.99. The highest BCUT2D eigenvalue weighted by Crippen LogP contribution is 1.89. The summed E-state index contributed by atoms with van der Waals surface area (Å²) in [4.78, 5) is 0. The summed E-state index contributed by atoms with van der Waals surface area (Å²) in [5.41, 5.74) is 1.89. The molecule has 2 nitrogen and oxygen atoms in total. The van der Waals surface area contributed by atoms with E-state index in [0.29, 0.717) is 5.95 Å². The van der Waals surface area contributed by atoms with Crippen LogP contribution in [0.15, 0.2) is 11.6 Å². The van der Waals surface area contributed by atoms with Crippen molar-refractivity contribution < 1.29 is 9.47 Å². The van der Waals surface area contributed by atoms with E-state index in [4.69, 9.17) is 9.47 Å². The van der Waals surface area contributed by atoms with Crippen LogP contribution >= 0.6 is 0 Å². The maximum Gasteiger partial charge on any atom is 0.269 e. The van der Waals surface area contributed by atoms with Gasteiger partial charge in [-0.05, 0) is 5.70 Å². The van der Waals surface area contributed by atoms with Gasteiger partial charge in [0.05, 0.1) is 14.2 Å². The van der Waals surface area contributed by atoms with Crippen molar-refractivity contribution in [1.82, 2.24) is 0 Å². The van der Waals surface area contributed by atoms with E-state index < -0.39 is 0 Å². The molecule has 0 unspecified atom stereocenters. The minimum absolute atomic E-state index is 0.617. The lowest BCUT2D eigenvalue weighted by atomic mass is 11.0. The first kappa shape index (κ1) is 6.56. The van der Waals surface area contributed by atoms with Gasteiger partial charge in [-0.25, -0.2) is 0 Å².